The van der Waals surface area contributed by atoms with Gasteiger partial charge in [0.1, 0.15) is 9.35 Å². The summed E-state index contributed by atoms with van der Waals surface area (Å²) in [5.41, 5.74) is 5.21. The van der Waals surface area contributed by atoms with E-state index in [9.17, 15) is 0 Å². The number of rotatable bonds is 4. The highest BCUT2D eigenvalue weighted by Crippen LogP contribution is 2.15. The molecule has 2 heterocycles. The minimum atomic E-state index is 0.670. The van der Waals surface area contributed by atoms with Crippen LogP contribution in [0.4, 0.5) is 0 Å². The summed E-state index contributed by atoms with van der Waals surface area (Å²) in [5, 5.41) is 10.6. The van der Waals surface area contributed by atoms with Crippen molar-refractivity contribution in [3.8, 4) is 0 Å². The Morgan fingerprint density at radius 2 is 2.47 bits per heavy atom. The number of pyridine rings is 1. The van der Waals surface area contributed by atoms with Crippen molar-refractivity contribution in [3.05, 3.63) is 40.4 Å². The van der Waals surface area contributed by atoms with Crippen LogP contribution in [0.2, 0.25) is 0 Å². The van der Waals surface area contributed by atoms with Gasteiger partial charge < -0.3 is 5.41 Å². The van der Waals surface area contributed by atoms with Gasteiger partial charge in [-0.3, -0.25) is 9.83 Å². The van der Waals surface area contributed by atoms with Gasteiger partial charge in [-0.15, -0.1) is 0 Å². The summed E-state index contributed by atoms with van der Waals surface area (Å²) >= 11 is 2.22. The minimum Gasteiger partial charge on any atom is -0.307 e. The highest BCUT2D eigenvalue weighted by Gasteiger charge is 2.03. The molecule has 0 radical (unpaired) electrons. The second-order valence-electron chi connectivity index (χ2n) is 3.26. The maximum absolute atomic E-state index is 6.80. The van der Waals surface area contributed by atoms with Crippen LogP contribution in [0.15, 0.2) is 36.2 Å². The Hall–Kier alpha value is -1.70. The van der Waals surface area contributed by atoms with Crippen LogP contribution in [0.5, 0.6) is 0 Å². The zero-order valence-corrected chi connectivity index (χ0v) is 11.0. The molecule has 0 bridgehead atoms. The first kappa shape index (κ1) is 11.8. The number of halogens is 1. The van der Waals surface area contributed by atoms with Gasteiger partial charge in [0.15, 0.2) is 0 Å². The summed E-state index contributed by atoms with van der Waals surface area (Å²) in [6.45, 7) is 3.87. The maximum atomic E-state index is 6.80. The SMILES string of the molecule is C=C(NN=CC=N)c1ccn2c(I)cnc2c1. The van der Waals surface area contributed by atoms with Crippen molar-refractivity contribution in [2.45, 2.75) is 0 Å². The fraction of sp³-hybridized carbons (Fsp3) is 0. The van der Waals surface area contributed by atoms with Gasteiger partial charge in [0, 0.05) is 18.0 Å². The van der Waals surface area contributed by atoms with Gasteiger partial charge in [-0.2, -0.15) is 5.10 Å². The van der Waals surface area contributed by atoms with E-state index in [2.05, 4.69) is 44.7 Å². The Bertz CT molecular complexity index is 599. The molecule has 0 aromatic carbocycles. The van der Waals surface area contributed by atoms with Crippen LogP contribution < -0.4 is 5.43 Å². The van der Waals surface area contributed by atoms with Gasteiger partial charge >= 0.3 is 0 Å². The molecule has 0 amide bonds. The predicted molar refractivity (Wildman–Crippen MR) is 77.4 cm³/mol. The van der Waals surface area contributed by atoms with E-state index < -0.39 is 0 Å². The van der Waals surface area contributed by atoms with E-state index in [1.54, 1.807) is 0 Å². The van der Waals surface area contributed by atoms with E-state index in [0.717, 1.165) is 21.1 Å². The predicted octanol–water partition coefficient (Wildman–Crippen LogP) is 2.13. The van der Waals surface area contributed by atoms with E-state index in [-0.39, 0.29) is 0 Å². The number of aromatic nitrogens is 2. The number of hydrogen-bond acceptors (Lipinski definition) is 4. The van der Waals surface area contributed by atoms with Gasteiger partial charge in [-0.1, -0.05) is 6.58 Å². The van der Waals surface area contributed by atoms with Crippen LogP contribution in [0.25, 0.3) is 11.3 Å². The molecule has 0 fully saturated rings. The van der Waals surface area contributed by atoms with Crippen molar-refractivity contribution < 1.29 is 0 Å². The highest BCUT2D eigenvalue weighted by molar-refractivity contribution is 14.1. The Balaban J connectivity index is 2.27. The lowest BCUT2D eigenvalue weighted by molar-refractivity contribution is 1.00. The lowest BCUT2D eigenvalue weighted by Gasteiger charge is -2.05. The van der Waals surface area contributed by atoms with Crippen molar-refractivity contribution >= 4 is 46.4 Å². The molecule has 2 N–H and O–H groups in total. The van der Waals surface area contributed by atoms with Crippen LogP contribution in [-0.4, -0.2) is 21.8 Å². The molecular weight excluding hydrogens is 329 g/mol. The van der Waals surface area contributed by atoms with Crippen molar-refractivity contribution in [2.75, 3.05) is 0 Å². The highest BCUT2D eigenvalue weighted by atomic mass is 127. The Labute approximate surface area is 112 Å². The molecule has 0 saturated carbocycles. The standard InChI is InChI=1S/C11H10IN5/c1-8(16-15-4-3-13)9-2-5-17-10(12)7-14-11(17)6-9/h2-7,13,16H,1H2. The monoisotopic (exact) mass is 339 g/mol. The number of imidazole rings is 1. The number of fused-ring (bicyclic) bond motifs is 1. The Morgan fingerprint density at radius 3 is 3.24 bits per heavy atom. The molecule has 2 rings (SSSR count). The van der Waals surface area contributed by atoms with Gasteiger partial charge in [-0.25, -0.2) is 4.98 Å². The van der Waals surface area contributed by atoms with Gasteiger partial charge in [0.2, 0.25) is 0 Å². The van der Waals surface area contributed by atoms with Crippen molar-refractivity contribution in [1.29, 1.82) is 5.41 Å². The molecule has 0 saturated heterocycles. The van der Waals surface area contributed by atoms with Crippen LogP contribution >= 0.6 is 22.6 Å². The molecular formula is C11H10IN5. The average Bonchev–Trinajstić information content (AvgIpc) is 2.71. The molecule has 0 aliphatic rings. The van der Waals surface area contributed by atoms with Crippen LogP contribution in [0, 0.1) is 9.11 Å². The Kier molecular flexibility index (Phi) is 3.52. The second-order valence-corrected chi connectivity index (χ2v) is 4.36. The zero-order valence-electron chi connectivity index (χ0n) is 8.89. The van der Waals surface area contributed by atoms with E-state index in [0.29, 0.717) is 5.70 Å². The molecule has 86 valence electrons. The van der Waals surface area contributed by atoms with E-state index in [1.165, 1.54) is 6.21 Å². The summed E-state index contributed by atoms with van der Waals surface area (Å²) in [5.74, 6) is 0. The summed E-state index contributed by atoms with van der Waals surface area (Å²) < 4.78 is 3.04. The topological polar surface area (TPSA) is 65.5 Å². The molecule has 2 aromatic rings. The number of nitrogens with one attached hydrogen (secondary N) is 2. The normalized spacial score (nSPS) is 10.9. The number of hydrogen-bond donors (Lipinski definition) is 2. The summed E-state index contributed by atoms with van der Waals surface area (Å²) in [7, 11) is 0. The van der Waals surface area contributed by atoms with E-state index >= 15 is 0 Å². The second kappa shape index (κ2) is 5.09. The first-order valence-electron chi connectivity index (χ1n) is 4.82. The van der Waals surface area contributed by atoms with E-state index in [4.69, 9.17) is 5.41 Å². The molecule has 17 heavy (non-hydrogen) atoms. The Morgan fingerprint density at radius 1 is 1.65 bits per heavy atom. The molecule has 0 unspecified atom stereocenters. The van der Waals surface area contributed by atoms with Gasteiger partial charge in [0.25, 0.3) is 0 Å². The van der Waals surface area contributed by atoms with Gasteiger partial charge in [0.05, 0.1) is 18.1 Å². The largest absolute Gasteiger partial charge is 0.307 e. The third kappa shape index (κ3) is 2.52. The molecule has 5 nitrogen and oxygen atoms in total. The molecule has 0 aliphatic heterocycles. The van der Waals surface area contributed by atoms with Crippen molar-refractivity contribution in [1.82, 2.24) is 14.8 Å². The van der Waals surface area contributed by atoms with Crippen LogP contribution in [0.3, 0.4) is 0 Å². The molecule has 0 spiro atoms. The fourth-order valence-electron chi connectivity index (χ4n) is 1.35. The molecule has 6 heteroatoms. The summed E-state index contributed by atoms with van der Waals surface area (Å²) in [6, 6.07) is 3.86. The molecule has 0 aliphatic carbocycles. The zero-order chi connectivity index (χ0) is 12.3. The summed E-state index contributed by atoms with van der Waals surface area (Å²) in [6.07, 6.45) is 6.19. The summed E-state index contributed by atoms with van der Waals surface area (Å²) in [4.78, 5) is 4.27. The minimum absolute atomic E-state index is 0.670. The van der Waals surface area contributed by atoms with Crippen LogP contribution in [-0.2, 0) is 0 Å². The molecule has 0 atom stereocenters. The van der Waals surface area contributed by atoms with Crippen molar-refractivity contribution in [3.63, 3.8) is 0 Å². The number of hydrazone groups is 1. The maximum Gasteiger partial charge on any atom is 0.138 e. The quantitative estimate of drug-likeness (QED) is 0.509. The molecule has 2 aromatic heterocycles. The fourth-order valence-corrected chi connectivity index (χ4v) is 1.90. The van der Waals surface area contributed by atoms with Crippen molar-refractivity contribution in [2.24, 2.45) is 5.10 Å². The first-order valence-corrected chi connectivity index (χ1v) is 5.90. The lowest BCUT2D eigenvalue weighted by Crippen LogP contribution is -2.04. The number of nitrogens with zero attached hydrogens (tertiary/aromatic N) is 3. The third-order valence-corrected chi connectivity index (χ3v) is 2.96. The van der Waals surface area contributed by atoms with Crippen LogP contribution in [0.1, 0.15) is 5.56 Å². The van der Waals surface area contributed by atoms with E-state index in [1.807, 2.05) is 28.9 Å². The lowest BCUT2D eigenvalue weighted by atomic mass is 10.2. The smallest absolute Gasteiger partial charge is 0.138 e. The van der Waals surface area contributed by atoms with Gasteiger partial charge in [-0.05, 0) is 34.7 Å². The first-order chi connectivity index (χ1) is 8.22. The average molecular weight is 339 g/mol. The third-order valence-electron chi connectivity index (χ3n) is 2.17.